The van der Waals surface area contributed by atoms with E-state index in [1.165, 1.54) is 25.7 Å². The van der Waals surface area contributed by atoms with Crippen LogP contribution in [0.1, 0.15) is 58.3 Å². The average Bonchev–Trinajstić information content (AvgIpc) is 2.92. The van der Waals surface area contributed by atoms with E-state index in [2.05, 4.69) is 12.2 Å². The molecule has 3 atom stereocenters. The zero-order valence-corrected chi connectivity index (χ0v) is 11.7. The fraction of sp³-hybridized carbons (Fsp3) is 0.867. The molecule has 0 aromatic carbocycles. The molecule has 0 radical (unpaired) electrons. The number of carboxylic acid groups (broad SMARTS) is 1. The van der Waals surface area contributed by atoms with E-state index >= 15 is 0 Å². The molecule has 2 unspecified atom stereocenters. The largest absolute Gasteiger partial charge is 0.481 e. The van der Waals surface area contributed by atoms with Crippen LogP contribution in [0, 0.1) is 17.8 Å². The lowest BCUT2D eigenvalue weighted by atomic mass is 9.78. The van der Waals surface area contributed by atoms with E-state index in [1.54, 1.807) is 0 Å². The van der Waals surface area contributed by atoms with E-state index in [4.69, 9.17) is 0 Å². The third-order valence-corrected chi connectivity index (χ3v) is 4.90. The summed E-state index contributed by atoms with van der Waals surface area (Å²) in [7, 11) is 0. The molecular formula is C15H25NO3. The first-order valence-corrected chi connectivity index (χ1v) is 7.62. The third-order valence-electron chi connectivity index (χ3n) is 4.90. The quantitative estimate of drug-likeness (QED) is 0.822. The van der Waals surface area contributed by atoms with Crippen molar-refractivity contribution in [2.24, 2.45) is 17.8 Å². The molecule has 0 bridgehead atoms. The zero-order chi connectivity index (χ0) is 13.8. The van der Waals surface area contributed by atoms with Crippen molar-refractivity contribution < 1.29 is 14.7 Å². The van der Waals surface area contributed by atoms with Gasteiger partial charge >= 0.3 is 5.97 Å². The lowest BCUT2D eigenvalue weighted by Gasteiger charge is -2.30. The Labute approximate surface area is 115 Å². The smallest absolute Gasteiger partial charge is 0.307 e. The molecule has 0 aromatic rings. The number of hydrogen-bond acceptors (Lipinski definition) is 2. The topological polar surface area (TPSA) is 66.4 Å². The van der Waals surface area contributed by atoms with E-state index in [0.717, 1.165) is 19.3 Å². The Bertz CT molecular complexity index is 336. The first kappa shape index (κ1) is 14.4. The summed E-state index contributed by atoms with van der Waals surface area (Å²) in [6.45, 7) is 2.06. The van der Waals surface area contributed by atoms with Gasteiger partial charge in [-0.1, -0.05) is 25.7 Å². The van der Waals surface area contributed by atoms with Gasteiger partial charge in [0.25, 0.3) is 0 Å². The summed E-state index contributed by atoms with van der Waals surface area (Å²) in [5.41, 5.74) is 0. The van der Waals surface area contributed by atoms with Crippen molar-refractivity contribution in [1.82, 2.24) is 5.32 Å². The van der Waals surface area contributed by atoms with E-state index in [1.807, 2.05) is 0 Å². The van der Waals surface area contributed by atoms with Crippen LogP contribution in [-0.2, 0) is 9.59 Å². The number of hydrogen-bond donors (Lipinski definition) is 2. The number of aliphatic carboxylic acids is 1. The van der Waals surface area contributed by atoms with Gasteiger partial charge in [0.15, 0.2) is 0 Å². The van der Waals surface area contributed by atoms with Crippen molar-refractivity contribution in [3.8, 4) is 0 Å². The Kier molecular flexibility index (Phi) is 4.83. The molecule has 0 heterocycles. The van der Waals surface area contributed by atoms with Crippen molar-refractivity contribution in [3.63, 3.8) is 0 Å². The van der Waals surface area contributed by atoms with Crippen LogP contribution in [0.15, 0.2) is 0 Å². The fourth-order valence-electron chi connectivity index (χ4n) is 3.65. The van der Waals surface area contributed by atoms with E-state index in [0.29, 0.717) is 12.3 Å². The molecule has 0 spiro atoms. The summed E-state index contributed by atoms with van der Waals surface area (Å²) >= 11 is 0. The minimum absolute atomic E-state index is 0.0356. The highest BCUT2D eigenvalue weighted by Gasteiger charge is 2.36. The molecular weight excluding hydrogens is 242 g/mol. The monoisotopic (exact) mass is 267 g/mol. The zero-order valence-electron chi connectivity index (χ0n) is 11.7. The molecule has 19 heavy (non-hydrogen) atoms. The van der Waals surface area contributed by atoms with Gasteiger partial charge < -0.3 is 10.4 Å². The molecule has 2 fully saturated rings. The second-order valence-corrected chi connectivity index (χ2v) is 6.18. The van der Waals surface area contributed by atoms with Gasteiger partial charge in [0.1, 0.15) is 0 Å². The van der Waals surface area contributed by atoms with Crippen LogP contribution in [0.5, 0.6) is 0 Å². The third kappa shape index (κ3) is 3.48. The van der Waals surface area contributed by atoms with Crippen molar-refractivity contribution in [3.05, 3.63) is 0 Å². The summed E-state index contributed by atoms with van der Waals surface area (Å²) in [5.74, 6) is -1.07. The maximum atomic E-state index is 12.3. The molecule has 4 heteroatoms. The first-order chi connectivity index (χ1) is 9.09. The number of nitrogens with one attached hydrogen (secondary N) is 1. The Morgan fingerprint density at radius 3 is 2.11 bits per heavy atom. The molecule has 108 valence electrons. The second kappa shape index (κ2) is 6.40. The van der Waals surface area contributed by atoms with Crippen molar-refractivity contribution in [2.45, 2.75) is 64.3 Å². The highest BCUT2D eigenvalue weighted by atomic mass is 16.4. The number of carbonyl (C=O) groups excluding carboxylic acids is 1. The van der Waals surface area contributed by atoms with Crippen LogP contribution in [0.25, 0.3) is 0 Å². The van der Waals surface area contributed by atoms with Crippen LogP contribution >= 0.6 is 0 Å². The first-order valence-electron chi connectivity index (χ1n) is 7.62. The van der Waals surface area contributed by atoms with Gasteiger partial charge in [0.05, 0.1) is 11.8 Å². The minimum Gasteiger partial charge on any atom is -0.481 e. The van der Waals surface area contributed by atoms with Crippen molar-refractivity contribution in [1.29, 1.82) is 0 Å². The Balaban J connectivity index is 1.91. The summed E-state index contributed by atoms with van der Waals surface area (Å²) in [4.78, 5) is 23.5. The van der Waals surface area contributed by atoms with Crippen LogP contribution in [0.3, 0.4) is 0 Å². The van der Waals surface area contributed by atoms with E-state index < -0.39 is 11.9 Å². The summed E-state index contributed by atoms with van der Waals surface area (Å²) in [6.07, 6.45) is 8.16. The molecule has 0 aliphatic heterocycles. The summed E-state index contributed by atoms with van der Waals surface area (Å²) < 4.78 is 0. The standard InChI is InChI=1S/C15H25NO3/c1-10(11-6-2-3-7-11)16-14(17)12-8-4-5-9-13(12)15(18)19/h10-13H,2-9H2,1H3,(H,16,17)(H,18,19)/t10-,12?,13?/m0/s1. The van der Waals surface area contributed by atoms with Crippen LogP contribution < -0.4 is 5.32 Å². The average molecular weight is 267 g/mol. The van der Waals surface area contributed by atoms with E-state index in [-0.39, 0.29) is 17.9 Å². The van der Waals surface area contributed by atoms with Gasteiger partial charge in [-0.15, -0.1) is 0 Å². The highest BCUT2D eigenvalue weighted by Crippen LogP contribution is 2.32. The Morgan fingerprint density at radius 2 is 1.53 bits per heavy atom. The molecule has 1 amide bonds. The van der Waals surface area contributed by atoms with Crippen molar-refractivity contribution >= 4 is 11.9 Å². The predicted molar refractivity (Wildman–Crippen MR) is 72.6 cm³/mol. The molecule has 0 saturated heterocycles. The minimum atomic E-state index is -0.812. The fourth-order valence-corrected chi connectivity index (χ4v) is 3.65. The lowest BCUT2D eigenvalue weighted by molar-refractivity contribution is -0.149. The van der Waals surface area contributed by atoms with Gasteiger partial charge in [-0.25, -0.2) is 0 Å². The Hall–Kier alpha value is -1.06. The summed E-state index contributed by atoms with van der Waals surface area (Å²) in [5, 5.41) is 12.3. The van der Waals surface area contributed by atoms with Crippen LogP contribution in [-0.4, -0.2) is 23.0 Å². The Morgan fingerprint density at radius 1 is 1.00 bits per heavy atom. The number of rotatable bonds is 4. The maximum absolute atomic E-state index is 12.3. The lowest BCUT2D eigenvalue weighted by Crippen LogP contribution is -2.45. The number of amides is 1. The number of carboxylic acids is 1. The molecule has 2 rings (SSSR count). The molecule has 2 aliphatic carbocycles. The summed E-state index contributed by atoms with van der Waals surface area (Å²) in [6, 6.07) is 0.186. The second-order valence-electron chi connectivity index (χ2n) is 6.18. The van der Waals surface area contributed by atoms with Gasteiger partial charge in [-0.05, 0) is 38.5 Å². The highest BCUT2D eigenvalue weighted by molar-refractivity contribution is 5.85. The molecule has 2 N–H and O–H groups in total. The van der Waals surface area contributed by atoms with Gasteiger partial charge in [0.2, 0.25) is 5.91 Å². The van der Waals surface area contributed by atoms with Crippen LogP contribution in [0.4, 0.5) is 0 Å². The van der Waals surface area contributed by atoms with E-state index in [9.17, 15) is 14.7 Å². The molecule has 2 aliphatic rings. The predicted octanol–water partition coefficient (Wildman–Crippen LogP) is 2.57. The normalized spacial score (nSPS) is 29.9. The SMILES string of the molecule is C[C@H](NC(=O)C1CCCCC1C(=O)O)C1CCCC1. The molecule has 4 nitrogen and oxygen atoms in total. The van der Waals surface area contributed by atoms with Crippen molar-refractivity contribution in [2.75, 3.05) is 0 Å². The molecule has 0 aromatic heterocycles. The van der Waals surface area contributed by atoms with Gasteiger partial charge in [-0.2, -0.15) is 0 Å². The number of carbonyl (C=O) groups is 2. The van der Waals surface area contributed by atoms with Crippen LogP contribution in [0.2, 0.25) is 0 Å². The maximum Gasteiger partial charge on any atom is 0.307 e. The molecule has 2 saturated carbocycles. The van der Waals surface area contributed by atoms with Gasteiger partial charge in [-0.3, -0.25) is 9.59 Å². The van der Waals surface area contributed by atoms with Gasteiger partial charge in [0, 0.05) is 6.04 Å².